The summed E-state index contributed by atoms with van der Waals surface area (Å²) in [6.07, 6.45) is 3.07. The van der Waals surface area contributed by atoms with E-state index in [1.165, 1.54) is 6.20 Å². The van der Waals surface area contributed by atoms with Gasteiger partial charge in [0.1, 0.15) is 5.56 Å². The zero-order valence-electron chi connectivity index (χ0n) is 17.6. The summed E-state index contributed by atoms with van der Waals surface area (Å²) in [5.74, 6) is -0.0167. The van der Waals surface area contributed by atoms with Crippen LogP contribution in [0.15, 0.2) is 53.6 Å². The number of carbonyl (C=O) groups excluding carboxylic acids is 1. The molecule has 0 radical (unpaired) electrons. The van der Waals surface area contributed by atoms with Crippen molar-refractivity contribution in [3.8, 4) is 0 Å². The Kier molecular flexibility index (Phi) is 5.94. The number of piperazine rings is 1. The van der Waals surface area contributed by atoms with Crippen LogP contribution in [0.1, 0.15) is 15.9 Å². The highest BCUT2D eigenvalue weighted by Gasteiger charge is 2.18. The van der Waals surface area contributed by atoms with Crippen molar-refractivity contribution < 1.29 is 4.79 Å². The van der Waals surface area contributed by atoms with Gasteiger partial charge in [0.2, 0.25) is 0 Å². The molecule has 9 nitrogen and oxygen atoms in total. The number of H-pyrrole nitrogens is 1. The van der Waals surface area contributed by atoms with Crippen LogP contribution in [0.4, 0.5) is 22.9 Å². The molecule has 1 aliphatic heterocycles. The zero-order chi connectivity index (χ0) is 21.8. The van der Waals surface area contributed by atoms with Crippen LogP contribution in [0, 0.1) is 6.92 Å². The third-order valence-electron chi connectivity index (χ3n) is 5.36. The molecule has 31 heavy (non-hydrogen) atoms. The fourth-order valence-electron chi connectivity index (χ4n) is 3.47. The first-order valence-corrected chi connectivity index (χ1v) is 10.1. The number of pyridine rings is 1. The number of amides is 1. The third kappa shape index (κ3) is 4.72. The molecule has 0 spiro atoms. The molecule has 3 N–H and O–H groups in total. The number of carbonyl (C=O) groups is 1. The third-order valence-corrected chi connectivity index (χ3v) is 5.36. The number of hydrogen-bond acceptors (Lipinski definition) is 7. The number of nitrogens with one attached hydrogen (secondary N) is 3. The van der Waals surface area contributed by atoms with E-state index < -0.39 is 11.5 Å². The van der Waals surface area contributed by atoms with Gasteiger partial charge in [-0.1, -0.05) is 0 Å². The van der Waals surface area contributed by atoms with E-state index in [1.807, 2.05) is 31.2 Å². The van der Waals surface area contributed by atoms with Gasteiger partial charge in [-0.25, -0.2) is 0 Å². The zero-order valence-corrected chi connectivity index (χ0v) is 17.6. The maximum absolute atomic E-state index is 12.9. The van der Waals surface area contributed by atoms with Crippen molar-refractivity contribution in [2.75, 3.05) is 48.8 Å². The molecule has 0 atom stereocenters. The van der Waals surface area contributed by atoms with Gasteiger partial charge < -0.3 is 25.4 Å². The van der Waals surface area contributed by atoms with E-state index in [2.05, 4.69) is 42.7 Å². The Morgan fingerprint density at radius 3 is 2.52 bits per heavy atom. The van der Waals surface area contributed by atoms with Crippen LogP contribution >= 0.6 is 0 Å². The fourth-order valence-corrected chi connectivity index (χ4v) is 3.47. The number of aromatic amines is 1. The molecular formula is C22H25N7O2. The normalized spacial score (nSPS) is 14.3. The standard InChI is InChI=1S/C22H25N7O2/c1-15-7-10-24-27-20(15)26-18-8-9-23-21(30)19(18)22(31)25-16-3-5-17(6-4-16)29-13-11-28(2)12-14-29/h3-10H,11-14H2,1-2H3,(H,25,31)(H2,23,26,27,30). The van der Waals surface area contributed by atoms with Crippen LogP contribution in [0.3, 0.4) is 0 Å². The van der Waals surface area contributed by atoms with Gasteiger partial charge in [0.05, 0.1) is 11.9 Å². The molecule has 1 aliphatic rings. The quantitative estimate of drug-likeness (QED) is 0.582. The van der Waals surface area contributed by atoms with Gasteiger partial charge in [0.25, 0.3) is 11.5 Å². The summed E-state index contributed by atoms with van der Waals surface area (Å²) in [5.41, 5.74) is 2.44. The minimum atomic E-state index is -0.502. The Hall–Kier alpha value is -3.72. The predicted molar refractivity (Wildman–Crippen MR) is 121 cm³/mol. The average Bonchev–Trinajstić information content (AvgIpc) is 2.76. The second-order valence-electron chi connectivity index (χ2n) is 7.57. The Bertz CT molecular complexity index is 1120. The van der Waals surface area contributed by atoms with E-state index in [0.29, 0.717) is 17.2 Å². The summed E-state index contributed by atoms with van der Waals surface area (Å²) in [7, 11) is 2.12. The highest BCUT2D eigenvalue weighted by Crippen LogP contribution is 2.22. The summed E-state index contributed by atoms with van der Waals surface area (Å²) in [5, 5.41) is 13.7. The van der Waals surface area contributed by atoms with Gasteiger partial charge in [-0.2, -0.15) is 5.10 Å². The van der Waals surface area contributed by atoms with E-state index >= 15 is 0 Å². The first-order valence-electron chi connectivity index (χ1n) is 10.1. The van der Waals surface area contributed by atoms with Crippen LogP contribution in [0.2, 0.25) is 0 Å². The maximum Gasteiger partial charge on any atom is 0.263 e. The van der Waals surface area contributed by atoms with Crippen molar-refractivity contribution in [3.05, 3.63) is 70.3 Å². The lowest BCUT2D eigenvalue weighted by Gasteiger charge is -2.34. The molecule has 0 unspecified atom stereocenters. The lowest BCUT2D eigenvalue weighted by atomic mass is 10.2. The molecule has 9 heteroatoms. The van der Waals surface area contributed by atoms with Crippen LogP contribution < -0.4 is 21.1 Å². The summed E-state index contributed by atoms with van der Waals surface area (Å²) < 4.78 is 0. The molecule has 0 bridgehead atoms. The molecule has 3 heterocycles. The second-order valence-corrected chi connectivity index (χ2v) is 7.57. The predicted octanol–water partition coefficient (Wildman–Crippen LogP) is 2.22. The number of likely N-dealkylation sites (N-methyl/N-ethyl adjacent to an activating group) is 1. The minimum absolute atomic E-state index is 0.0179. The van der Waals surface area contributed by atoms with Crippen molar-refractivity contribution in [1.29, 1.82) is 0 Å². The van der Waals surface area contributed by atoms with Crippen molar-refractivity contribution in [1.82, 2.24) is 20.1 Å². The Labute approximate surface area is 180 Å². The molecule has 0 saturated carbocycles. The number of rotatable bonds is 5. The van der Waals surface area contributed by atoms with Crippen LogP contribution in [-0.2, 0) is 0 Å². The monoisotopic (exact) mass is 419 g/mol. The lowest BCUT2D eigenvalue weighted by molar-refractivity contribution is 0.102. The Balaban J connectivity index is 1.51. The topological polar surface area (TPSA) is 106 Å². The van der Waals surface area contributed by atoms with Gasteiger partial charge in [-0.15, -0.1) is 5.10 Å². The maximum atomic E-state index is 12.9. The molecule has 0 aliphatic carbocycles. The van der Waals surface area contributed by atoms with E-state index in [0.717, 1.165) is 37.4 Å². The SMILES string of the molecule is Cc1ccnnc1Nc1cc[nH]c(=O)c1C(=O)Nc1ccc(N2CCN(C)CC2)cc1. The number of benzene rings is 1. The lowest BCUT2D eigenvalue weighted by Crippen LogP contribution is -2.44. The van der Waals surface area contributed by atoms with Crippen molar-refractivity contribution in [2.45, 2.75) is 6.92 Å². The highest BCUT2D eigenvalue weighted by molar-refractivity contribution is 6.08. The van der Waals surface area contributed by atoms with Gasteiger partial charge in [0, 0.05) is 43.8 Å². The van der Waals surface area contributed by atoms with Gasteiger partial charge in [-0.05, 0) is 55.9 Å². The summed E-state index contributed by atoms with van der Waals surface area (Å²) in [4.78, 5) is 32.5. The number of aromatic nitrogens is 3. The molecule has 2 aromatic heterocycles. The van der Waals surface area contributed by atoms with Gasteiger partial charge >= 0.3 is 0 Å². The molecule has 1 amide bonds. The van der Waals surface area contributed by atoms with Crippen LogP contribution in [0.25, 0.3) is 0 Å². The summed E-state index contributed by atoms with van der Waals surface area (Å²) in [6.45, 7) is 5.86. The van der Waals surface area contributed by atoms with E-state index in [-0.39, 0.29) is 5.56 Å². The first kappa shape index (κ1) is 20.5. The number of anilines is 4. The van der Waals surface area contributed by atoms with Crippen molar-refractivity contribution in [3.63, 3.8) is 0 Å². The van der Waals surface area contributed by atoms with E-state index in [4.69, 9.17) is 0 Å². The first-order chi connectivity index (χ1) is 15.0. The molecule has 1 saturated heterocycles. The number of aryl methyl sites for hydroxylation is 1. The van der Waals surface area contributed by atoms with Crippen molar-refractivity contribution in [2.24, 2.45) is 0 Å². The molecule has 1 aromatic carbocycles. The molecule has 4 rings (SSSR count). The van der Waals surface area contributed by atoms with Gasteiger partial charge in [0.15, 0.2) is 5.82 Å². The van der Waals surface area contributed by atoms with Gasteiger partial charge in [-0.3, -0.25) is 9.59 Å². The van der Waals surface area contributed by atoms with Crippen LogP contribution in [-0.4, -0.2) is 59.2 Å². The summed E-state index contributed by atoms with van der Waals surface area (Å²) in [6, 6.07) is 11.1. The molecular weight excluding hydrogens is 394 g/mol. The summed E-state index contributed by atoms with van der Waals surface area (Å²) >= 11 is 0. The van der Waals surface area contributed by atoms with Crippen molar-refractivity contribution >= 4 is 28.8 Å². The minimum Gasteiger partial charge on any atom is -0.369 e. The average molecular weight is 419 g/mol. The number of nitrogens with zero attached hydrogens (tertiary/aromatic N) is 4. The number of hydrogen-bond donors (Lipinski definition) is 3. The highest BCUT2D eigenvalue weighted by atomic mass is 16.2. The Morgan fingerprint density at radius 2 is 1.81 bits per heavy atom. The molecule has 1 fully saturated rings. The molecule has 160 valence electrons. The molecule has 3 aromatic rings. The second kappa shape index (κ2) is 8.97. The van der Waals surface area contributed by atoms with Crippen LogP contribution in [0.5, 0.6) is 0 Å². The Morgan fingerprint density at radius 1 is 1.06 bits per heavy atom. The smallest absolute Gasteiger partial charge is 0.263 e. The fraction of sp³-hybridized carbons (Fsp3) is 0.273. The van der Waals surface area contributed by atoms with E-state index in [9.17, 15) is 9.59 Å². The van der Waals surface area contributed by atoms with E-state index in [1.54, 1.807) is 18.3 Å². The largest absolute Gasteiger partial charge is 0.369 e.